The average molecular weight is 813 g/mol. The van der Waals surface area contributed by atoms with Gasteiger partial charge in [-0.05, 0) is 53.8 Å². The molecule has 17 nitrogen and oxygen atoms in total. The van der Waals surface area contributed by atoms with Crippen LogP contribution in [0.5, 0.6) is 11.5 Å². The number of aryl methyl sites for hydroxylation is 1. The first-order valence-electron chi connectivity index (χ1n) is 19.1. The Kier molecular flexibility index (Phi) is 10.5. The van der Waals surface area contributed by atoms with E-state index in [1.165, 1.54) is 4.57 Å². The molecular weight excluding hydrogens is 769 g/mol. The zero-order chi connectivity index (χ0) is 40.9. The summed E-state index contributed by atoms with van der Waals surface area (Å²) in [6, 6.07) is 9.69. The van der Waals surface area contributed by atoms with Crippen LogP contribution in [0.2, 0.25) is 0 Å². The van der Waals surface area contributed by atoms with Gasteiger partial charge in [-0.1, -0.05) is 0 Å². The molecule has 18 heteroatoms. The molecule has 4 aromatic rings. The van der Waals surface area contributed by atoms with Crippen molar-refractivity contribution in [2.24, 2.45) is 7.05 Å². The molecule has 0 bridgehead atoms. The standard InChI is InChI=1S/C40H44N8O9S/c1-44-22-31(27-8-9-41-19-30(27)38(44)51)24-16-34(56-2)32(35(17-24)57-3)23-46-20-26(21-46)58(54,55)42-10-11-45-12-14-47(15-13-45)25-4-5-28-29(18-25)40(53)48(39(28)52)33-6-7-36(49)43-37(33)50/h4-5,8-9,16-19,22,26,33,42H,6-7,10-15,20-21,23H2,1-3H3,(H,43,49,50). The molecule has 0 spiro atoms. The zero-order valence-corrected chi connectivity index (χ0v) is 33.2. The molecule has 0 radical (unpaired) electrons. The Morgan fingerprint density at radius 2 is 1.57 bits per heavy atom. The Hall–Kier alpha value is -5.69. The zero-order valence-electron chi connectivity index (χ0n) is 32.4. The molecule has 58 heavy (non-hydrogen) atoms. The Labute approximate surface area is 334 Å². The summed E-state index contributed by atoms with van der Waals surface area (Å²) in [6.07, 6.45) is 5.14. The lowest BCUT2D eigenvalue weighted by Crippen LogP contribution is -2.57. The Bertz CT molecular complexity index is 2490. The van der Waals surface area contributed by atoms with Gasteiger partial charge in [-0.3, -0.25) is 49.0 Å². The molecule has 2 N–H and O–H groups in total. The SMILES string of the molecule is COc1cc(-c2cn(C)c(=O)c3cnccc23)cc(OC)c1CN1CC(S(=O)(=O)NCCN2CCN(c3ccc4c(c3)C(=O)N(C3CCC(=O)NC3=O)C4=O)CC2)C1. The van der Waals surface area contributed by atoms with E-state index in [9.17, 15) is 32.4 Å². The van der Waals surface area contributed by atoms with Crippen LogP contribution in [0.15, 0.2) is 59.8 Å². The number of aromatic nitrogens is 2. The molecule has 1 unspecified atom stereocenters. The molecule has 3 saturated heterocycles. The minimum Gasteiger partial charge on any atom is -0.496 e. The number of carbonyl (C=O) groups is 4. The van der Waals surface area contributed by atoms with E-state index in [2.05, 4.69) is 24.8 Å². The number of nitrogens with one attached hydrogen (secondary N) is 2. The van der Waals surface area contributed by atoms with Crippen molar-refractivity contribution in [1.82, 2.24) is 34.3 Å². The van der Waals surface area contributed by atoms with Gasteiger partial charge in [0.2, 0.25) is 21.8 Å². The monoisotopic (exact) mass is 812 g/mol. The van der Waals surface area contributed by atoms with E-state index in [1.807, 2.05) is 23.1 Å². The van der Waals surface area contributed by atoms with Crippen molar-refractivity contribution in [1.29, 1.82) is 0 Å². The first-order chi connectivity index (χ1) is 27.9. The smallest absolute Gasteiger partial charge is 0.262 e. The van der Waals surface area contributed by atoms with Gasteiger partial charge in [0, 0.05) is 102 Å². The average Bonchev–Trinajstić information content (AvgIpc) is 3.45. The van der Waals surface area contributed by atoms with Gasteiger partial charge in [0.05, 0.1) is 36.3 Å². The van der Waals surface area contributed by atoms with Crippen LogP contribution in [-0.4, -0.2) is 134 Å². The van der Waals surface area contributed by atoms with E-state index in [0.717, 1.165) is 32.7 Å². The molecule has 4 aliphatic rings. The third-order valence-corrected chi connectivity index (χ3v) is 13.3. The van der Waals surface area contributed by atoms with Crippen molar-refractivity contribution >= 4 is 50.1 Å². The molecular formula is C40H44N8O9S. The molecule has 3 fully saturated rings. The van der Waals surface area contributed by atoms with Crippen LogP contribution in [0.4, 0.5) is 5.69 Å². The Morgan fingerprint density at radius 1 is 0.862 bits per heavy atom. The predicted molar refractivity (Wildman–Crippen MR) is 213 cm³/mol. The van der Waals surface area contributed by atoms with Gasteiger partial charge in [0.1, 0.15) is 22.8 Å². The first-order valence-corrected chi connectivity index (χ1v) is 20.6. The summed E-state index contributed by atoms with van der Waals surface area (Å²) in [7, 11) is 1.29. The fraction of sp³-hybridized carbons (Fsp3) is 0.400. The van der Waals surface area contributed by atoms with Crippen LogP contribution in [0.25, 0.3) is 21.9 Å². The second-order valence-corrected chi connectivity index (χ2v) is 17.0. The lowest BCUT2D eigenvalue weighted by Gasteiger charge is -2.39. The number of likely N-dealkylation sites (tertiary alicyclic amines) is 1. The number of anilines is 1. The number of piperidine rings is 1. The Balaban J connectivity index is 0.827. The number of benzene rings is 2. The van der Waals surface area contributed by atoms with Gasteiger partial charge >= 0.3 is 0 Å². The lowest BCUT2D eigenvalue weighted by molar-refractivity contribution is -0.136. The fourth-order valence-electron chi connectivity index (χ4n) is 8.26. The summed E-state index contributed by atoms with van der Waals surface area (Å²) in [5.74, 6) is -0.975. The number of fused-ring (bicyclic) bond motifs is 2. The Morgan fingerprint density at radius 3 is 2.26 bits per heavy atom. The number of sulfonamides is 1. The number of carbonyl (C=O) groups excluding carboxylic acids is 4. The van der Waals surface area contributed by atoms with Crippen molar-refractivity contribution < 1.29 is 37.1 Å². The van der Waals surface area contributed by atoms with Crippen molar-refractivity contribution in [2.45, 2.75) is 30.7 Å². The number of imide groups is 2. The van der Waals surface area contributed by atoms with E-state index in [-0.39, 0.29) is 36.1 Å². The van der Waals surface area contributed by atoms with Gasteiger partial charge in [-0.15, -0.1) is 0 Å². The number of pyridine rings is 2. The number of hydrogen-bond donors (Lipinski definition) is 2. The molecule has 2 aromatic carbocycles. The van der Waals surface area contributed by atoms with Gasteiger partial charge in [-0.2, -0.15) is 0 Å². The van der Waals surface area contributed by atoms with Crippen LogP contribution < -0.4 is 30.0 Å². The minimum atomic E-state index is -3.57. The van der Waals surface area contributed by atoms with Crippen LogP contribution in [0.1, 0.15) is 39.1 Å². The summed E-state index contributed by atoms with van der Waals surface area (Å²) >= 11 is 0. The highest BCUT2D eigenvalue weighted by Gasteiger charge is 2.45. The molecule has 4 aliphatic heterocycles. The first kappa shape index (κ1) is 39.2. The van der Waals surface area contributed by atoms with Crippen molar-refractivity contribution in [3.05, 3.63) is 82.0 Å². The molecule has 0 aliphatic carbocycles. The molecule has 6 heterocycles. The van der Waals surface area contributed by atoms with Crippen LogP contribution in [-0.2, 0) is 33.2 Å². The molecule has 4 amide bonds. The fourth-order valence-corrected chi connectivity index (χ4v) is 9.68. The largest absolute Gasteiger partial charge is 0.496 e. The predicted octanol–water partition coefficient (Wildman–Crippen LogP) is 0.945. The number of methoxy groups -OCH3 is 2. The molecule has 304 valence electrons. The van der Waals surface area contributed by atoms with Crippen LogP contribution in [0.3, 0.4) is 0 Å². The lowest BCUT2D eigenvalue weighted by atomic mass is 9.98. The highest BCUT2D eigenvalue weighted by molar-refractivity contribution is 7.90. The molecule has 0 saturated carbocycles. The van der Waals surface area contributed by atoms with Gasteiger partial charge in [0.15, 0.2) is 0 Å². The van der Waals surface area contributed by atoms with Gasteiger partial charge in [-0.25, -0.2) is 13.1 Å². The number of hydrogen-bond acceptors (Lipinski definition) is 13. The van der Waals surface area contributed by atoms with Crippen molar-refractivity contribution in [2.75, 3.05) is 71.5 Å². The second-order valence-electron chi connectivity index (χ2n) is 15.0. The van der Waals surface area contributed by atoms with E-state index in [0.29, 0.717) is 69.2 Å². The number of ether oxygens (including phenoxy) is 2. The quantitative estimate of drug-likeness (QED) is 0.192. The second kappa shape index (κ2) is 15.6. The van der Waals surface area contributed by atoms with Gasteiger partial charge in [0.25, 0.3) is 17.4 Å². The molecule has 2 aromatic heterocycles. The topological polar surface area (TPSA) is 193 Å². The van der Waals surface area contributed by atoms with E-state index >= 15 is 0 Å². The maximum Gasteiger partial charge on any atom is 0.262 e. The minimum absolute atomic E-state index is 0.0575. The van der Waals surface area contributed by atoms with Crippen molar-refractivity contribution in [3.8, 4) is 22.6 Å². The molecule has 8 rings (SSSR count). The van der Waals surface area contributed by atoms with E-state index in [4.69, 9.17) is 9.47 Å². The van der Waals surface area contributed by atoms with E-state index in [1.54, 1.807) is 58.1 Å². The number of rotatable bonds is 12. The highest BCUT2D eigenvalue weighted by Crippen LogP contribution is 2.39. The van der Waals surface area contributed by atoms with Crippen LogP contribution >= 0.6 is 0 Å². The number of nitrogens with zero attached hydrogens (tertiary/aromatic N) is 6. The summed E-state index contributed by atoms with van der Waals surface area (Å²) in [5, 5.41) is 2.91. The summed E-state index contributed by atoms with van der Waals surface area (Å²) in [4.78, 5) is 74.5. The van der Waals surface area contributed by atoms with E-state index < -0.39 is 44.9 Å². The van der Waals surface area contributed by atoms with Gasteiger partial charge < -0.3 is 18.9 Å². The number of amides is 4. The maximum absolute atomic E-state index is 13.3. The number of piperazine rings is 1. The summed E-state index contributed by atoms with van der Waals surface area (Å²) < 4.78 is 42.4. The third-order valence-electron chi connectivity index (χ3n) is 11.5. The maximum atomic E-state index is 13.3. The third kappa shape index (κ3) is 7.20. The summed E-state index contributed by atoms with van der Waals surface area (Å²) in [6.45, 7) is 4.53. The normalized spacial score (nSPS) is 19.4. The summed E-state index contributed by atoms with van der Waals surface area (Å²) in [5.41, 5.74) is 3.52. The van der Waals surface area contributed by atoms with Crippen LogP contribution in [0, 0.1) is 0 Å². The van der Waals surface area contributed by atoms with Crippen molar-refractivity contribution in [3.63, 3.8) is 0 Å². The highest BCUT2D eigenvalue weighted by atomic mass is 32.2. The molecule has 1 atom stereocenters.